The molecule has 2 aliphatic rings. The molecule has 4 nitrogen and oxygen atoms in total. The van der Waals surface area contributed by atoms with Gasteiger partial charge in [-0.05, 0) is 38.0 Å². The van der Waals surface area contributed by atoms with E-state index in [0.717, 1.165) is 25.7 Å². The van der Waals surface area contributed by atoms with Crippen molar-refractivity contribution in [2.24, 2.45) is 5.92 Å². The molecule has 25 heavy (non-hydrogen) atoms. The van der Waals surface area contributed by atoms with E-state index in [9.17, 15) is 14.0 Å². The van der Waals surface area contributed by atoms with E-state index < -0.39 is 5.82 Å². The normalized spacial score (nSPS) is 21.6. The lowest BCUT2D eigenvalue weighted by atomic mass is 9.93. The molecule has 1 heterocycles. The summed E-state index contributed by atoms with van der Waals surface area (Å²) in [5.74, 6) is -0.892. The van der Waals surface area contributed by atoms with Crippen LogP contribution in [-0.2, 0) is 9.59 Å². The molecule has 0 bridgehead atoms. The van der Waals surface area contributed by atoms with Gasteiger partial charge in [-0.1, -0.05) is 30.9 Å². The molecule has 0 aromatic heterocycles. The Balaban J connectivity index is 1.72. The zero-order valence-electron chi connectivity index (χ0n) is 14.5. The first-order chi connectivity index (χ1) is 12.0. The van der Waals surface area contributed by atoms with Crippen LogP contribution < -0.4 is 4.90 Å². The van der Waals surface area contributed by atoms with Crippen molar-refractivity contribution in [2.45, 2.75) is 51.5 Å². The third-order valence-electron chi connectivity index (χ3n) is 5.33. The van der Waals surface area contributed by atoms with E-state index in [1.165, 1.54) is 24.6 Å². The number of benzene rings is 1. The van der Waals surface area contributed by atoms with E-state index in [4.69, 9.17) is 11.6 Å². The molecule has 1 aliphatic heterocycles. The highest BCUT2D eigenvalue weighted by molar-refractivity contribution is 6.31. The molecule has 136 valence electrons. The first kappa shape index (κ1) is 18.2. The van der Waals surface area contributed by atoms with Crippen molar-refractivity contribution >= 4 is 29.1 Å². The van der Waals surface area contributed by atoms with Gasteiger partial charge in [0.1, 0.15) is 5.82 Å². The Labute approximate surface area is 152 Å². The van der Waals surface area contributed by atoms with Crippen LogP contribution in [0.3, 0.4) is 0 Å². The number of carbonyl (C=O) groups is 2. The molecular formula is C19H24ClFN2O2. The minimum absolute atomic E-state index is 0.0162. The monoisotopic (exact) mass is 366 g/mol. The van der Waals surface area contributed by atoms with Crippen LogP contribution in [-0.4, -0.2) is 35.8 Å². The predicted molar refractivity (Wildman–Crippen MR) is 96.1 cm³/mol. The standard InChI is InChI=1S/C19H24ClFN2O2/c1-2-22(14-6-4-3-5-7-14)19(25)13-10-18(24)23(12-13)15-8-9-17(21)16(20)11-15/h8-9,11,13-14H,2-7,10,12H2,1H3. The van der Waals surface area contributed by atoms with Crippen LogP contribution in [0.2, 0.25) is 5.02 Å². The molecule has 2 amide bonds. The summed E-state index contributed by atoms with van der Waals surface area (Å²) in [5, 5.41) is -0.0162. The Morgan fingerprint density at radius 1 is 1.32 bits per heavy atom. The van der Waals surface area contributed by atoms with Crippen LogP contribution in [0.5, 0.6) is 0 Å². The predicted octanol–water partition coefficient (Wildman–Crippen LogP) is 4.01. The van der Waals surface area contributed by atoms with Gasteiger partial charge in [0.05, 0.1) is 10.9 Å². The van der Waals surface area contributed by atoms with Crippen LogP contribution >= 0.6 is 11.6 Å². The maximum atomic E-state index is 13.3. The highest BCUT2D eigenvalue weighted by Crippen LogP contribution is 2.31. The van der Waals surface area contributed by atoms with Crippen molar-refractivity contribution in [3.8, 4) is 0 Å². The van der Waals surface area contributed by atoms with Crippen molar-refractivity contribution in [1.82, 2.24) is 4.90 Å². The highest BCUT2D eigenvalue weighted by atomic mass is 35.5. The molecule has 2 fully saturated rings. The van der Waals surface area contributed by atoms with Gasteiger partial charge in [-0.25, -0.2) is 4.39 Å². The third kappa shape index (κ3) is 3.81. The van der Waals surface area contributed by atoms with Crippen LogP contribution in [0, 0.1) is 11.7 Å². The molecule has 1 atom stereocenters. The number of carbonyl (C=O) groups excluding carboxylic acids is 2. The molecule has 1 aliphatic carbocycles. The van der Waals surface area contributed by atoms with Gasteiger partial charge >= 0.3 is 0 Å². The molecule has 0 radical (unpaired) electrons. The van der Waals surface area contributed by atoms with Crippen molar-refractivity contribution in [3.63, 3.8) is 0 Å². The lowest BCUT2D eigenvalue weighted by molar-refractivity contribution is -0.138. The smallest absolute Gasteiger partial charge is 0.228 e. The molecule has 0 spiro atoms. The van der Waals surface area contributed by atoms with Crippen molar-refractivity contribution < 1.29 is 14.0 Å². The largest absolute Gasteiger partial charge is 0.340 e. The van der Waals surface area contributed by atoms with Gasteiger partial charge in [-0.2, -0.15) is 0 Å². The number of rotatable bonds is 4. The summed E-state index contributed by atoms with van der Waals surface area (Å²) >= 11 is 5.83. The van der Waals surface area contributed by atoms with E-state index in [0.29, 0.717) is 24.8 Å². The quantitative estimate of drug-likeness (QED) is 0.807. The summed E-state index contributed by atoms with van der Waals surface area (Å²) < 4.78 is 13.3. The Morgan fingerprint density at radius 2 is 2.04 bits per heavy atom. The maximum Gasteiger partial charge on any atom is 0.228 e. The molecule has 1 aromatic carbocycles. The van der Waals surface area contributed by atoms with E-state index >= 15 is 0 Å². The Bertz CT molecular complexity index is 661. The van der Waals surface area contributed by atoms with Gasteiger partial charge in [-0.15, -0.1) is 0 Å². The lowest BCUT2D eigenvalue weighted by Crippen LogP contribution is -2.45. The molecule has 1 saturated carbocycles. The van der Waals surface area contributed by atoms with Crippen LogP contribution in [0.4, 0.5) is 10.1 Å². The lowest BCUT2D eigenvalue weighted by Gasteiger charge is -2.35. The van der Waals surface area contributed by atoms with E-state index in [1.54, 1.807) is 4.90 Å². The Hall–Kier alpha value is -1.62. The van der Waals surface area contributed by atoms with Crippen LogP contribution in [0.25, 0.3) is 0 Å². The summed E-state index contributed by atoms with van der Waals surface area (Å²) in [5.41, 5.74) is 0.549. The zero-order chi connectivity index (χ0) is 18.0. The number of halogens is 2. The van der Waals surface area contributed by atoms with Crippen molar-refractivity contribution in [2.75, 3.05) is 18.0 Å². The number of anilines is 1. The zero-order valence-corrected chi connectivity index (χ0v) is 15.3. The minimum Gasteiger partial charge on any atom is -0.340 e. The average molecular weight is 367 g/mol. The Kier molecular flexibility index (Phi) is 5.62. The second-order valence-electron chi connectivity index (χ2n) is 6.92. The second-order valence-corrected chi connectivity index (χ2v) is 7.33. The Morgan fingerprint density at radius 3 is 2.68 bits per heavy atom. The van der Waals surface area contributed by atoms with Crippen molar-refractivity contribution in [3.05, 3.63) is 29.0 Å². The molecular weight excluding hydrogens is 343 g/mol. The van der Waals surface area contributed by atoms with Crippen LogP contribution in [0.15, 0.2) is 18.2 Å². The van der Waals surface area contributed by atoms with E-state index in [2.05, 4.69) is 0 Å². The fourth-order valence-electron chi connectivity index (χ4n) is 4.00. The second kappa shape index (κ2) is 7.73. The SMILES string of the molecule is CCN(C(=O)C1CC(=O)N(c2ccc(F)c(Cl)c2)C1)C1CCCCC1. The molecule has 1 unspecified atom stereocenters. The summed E-state index contributed by atoms with van der Waals surface area (Å²) in [6.07, 6.45) is 5.88. The number of amides is 2. The van der Waals surface area contributed by atoms with E-state index in [-0.39, 0.29) is 29.2 Å². The molecule has 3 rings (SSSR count). The van der Waals surface area contributed by atoms with Gasteiger partial charge in [0.25, 0.3) is 0 Å². The summed E-state index contributed by atoms with van der Waals surface area (Å²) in [4.78, 5) is 28.9. The number of hydrogen-bond acceptors (Lipinski definition) is 2. The molecule has 1 saturated heterocycles. The van der Waals surface area contributed by atoms with Gasteiger partial charge in [-0.3, -0.25) is 9.59 Å². The first-order valence-electron chi connectivity index (χ1n) is 9.07. The molecule has 0 N–H and O–H groups in total. The fraction of sp³-hybridized carbons (Fsp3) is 0.579. The first-order valence-corrected chi connectivity index (χ1v) is 9.45. The fourth-order valence-corrected chi connectivity index (χ4v) is 4.17. The van der Waals surface area contributed by atoms with Crippen LogP contribution in [0.1, 0.15) is 45.4 Å². The maximum absolute atomic E-state index is 13.3. The molecule has 6 heteroatoms. The average Bonchev–Trinajstić information content (AvgIpc) is 3.01. The van der Waals surface area contributed by atoms with Crippen molar-refractivity contribution in [1.29, 1.82) is 0 Å². The number of hydrogen-bond donors (Lipinski definition) is 0. The third-order valence-corrected chi connectivity index (χ3v) is 5.62. The summed E-state index contributed by atoms with van der Waals surface area (Å²) in [7, 11) is 0. The number of nitrogens with zero attached hydrogens (tertiary/aromatic N) is 2. The summed E-state index contributed by atoms with van der Waals surface area (Å²) in [6, 6.07) is 4.53. The van der Waals surface area contributed by atoms with Gasteiger partial charge in [0, 0.05) is 31.2 Å². The van der Waals surface area contributed by atoms with Gasteiger partial charge in [0.2, 0.25) is 11.8 Å². The topological polar surface area (TPSA) is 40.6 Å². The summed E-state index contributed by atoms with van der Waals surface area (Å²) in [6.45, 7) is 3.01. The molecule has 1 aromatic rings. The van der Waals surface area contributed by atoms with Gasteiger partial charge in [0.15, 0.2) is 0 Å². The highest BCUT2D eigenvalue weighted by Gasteiger charge is 2.38. The van der Waals surface area contributed by atoms with Gasteiger partial charge < -0.3 is 9.80 Å². The minimum atomic E-state index is -0.515. The van der Waals surface area contributed by atoms with E-state index in [1.807, 2.05) is 11.8 Å².